The number of aromatic nitrogens is 1. The minimum atomic E-state index is -4.70. The maximum absolute atomic E-state index is 13.6. The van der Waals surface area contributed by atoms with E-state index in [2.05, 4.69) is 10.3 Å². The quantitative estimate of drug-likeness (QED) is 0.235. The van der Waals surface area contributed by atoms with Crippen LogP contribution in [0.3, 0.4) is 0 Å². The normalized spacial score (nSPS) is 14.4. The third-order valence-corrected chi connectivity index (χ3v) is 8.49. The fraction of sp³-hybridized carbons (Fsp3) is 0.357. The SMILES string of the molecule is CCCCOC(=O)N1CCN(C(=O)C(CP(=O)(O)O)NC(=O)c2nc(-c3ccccc3)sc2-c2ccccc2)CC1. The van der Waals surface area contributed by atoms with Crippen molar-refractivity contribution in [1.29, 1.82) is 0 Å². The van der Waals surface area contributed by atoms with Crippen molar-refractivity contribution in [2.45, 2.75) is 25.8 Å². The number of amides is 3. The average molecular weight is 601 g/mol. The molecule has 1 aromatic heterocycles. The van der Waals surface area contributed by atoms with Gasteiger partial charge in [0.25, 0.3) is 5.91 Å². The maximum atomic E-state index is 13.6. The van der Waals surface area contributed by atoms with Gasteiger partial charge >= 0.3 is 13.7 Å². The van der Waals surface area contributed by atoms with Gasteiger partial charge in [-0.3, -0.25) is 14.2 Å². The van der Waals surface area contributed by atoms with E-state index in [1.54, 1.807) is 0 Å². The van der Waals surface area contributed by atoms with Crippen molar-refractivity contribution in [3.05, 3.63) is 66.4 Å². The lowest BCUT2D eigenvalue weighted by Gasteiger charge is -2.36. The summed E-state index contributed by atoms with van der Waals surface area (Å²) in [6, 6.07) is 17.0. The Bertz CT molecular complexity index is 1390. The van der Waals surface area contributed by atoms with Crippen LogP contribution in [0.25, 0.3) is 21.0 Å². The van der Waals surface area contributed by atoms with E-state index in [4.69, 9.17) is 4.74 Å². The highest BCUT2D eigenvalue weighted by molar-refractivity contribution is 7.51. The molecule has 1 fully saturated rings. The Labute approximate surface area is 242 Å². The molecule has 0 bridgehead atoms. The van der Waals surface area contributed by atoms with Gasteiger partial charge in [0, 0.05) is 31.7 Å². The van der Waals surface area contributed by atoms with Crippen LogP contribution in [0.15, 0.2) is 60.7 Å². The van der Waals surface area contributed by atoms with Crippen molar-refractivity contribution in [2.24, 2.45) is 0 Å². The smallest absolute Gasteiger partial charge is 0.409 e. The number of benzene rings is 2. The first-order valence-corrected chi connectivity index (χ1v) is 15.9. The van der Waals surface area contributed by atoms with Crippen molar-refractivity contribution >= 4 is 36.8 Å². The molecular weight excluding hydrogens is 567 g/mol. The first-order chi connectivity index (χ1) is 19.7. The Morgan fingerprint density at radius 2 is 1.56 bits per heavy atom. The summed E-state index contributed by atoms with van der Waals surface area (Å²) in [4.78, 5) is 66.7. The van der Waals surface area contributed by atoms with Crippen molar-refractivity contribution in [2.75, 3.05) is 38.9 Å². The number of carbonyl (C=O) groups excluding carboxylic acids is 3. The molecule has 4 rings (SSSR count). The Hall–Kier alpha value is -3.57. The second-order valence-corrected chi connectivity index (χ2v) is 12.3. The number of carbonyl (C=O) groups is 3. The standard InChI is InChI=1S/C28H33N4O7PS/c1-2-3-18-39-28(35)32-16-14-31(15-17-32)27(34)22(19-40(36,37)38)29-25(33)23-24(20-10-6-4-7-11-20)41-26(30-23)21-12-8-5-9-13-21/h4-13,22H,2-3,14-19H2,1H3,(H,29,33)(H2,36,37,38). The van der Waals surface area contributed by atoms with Gasteiger partial charge < -0.3 is 29.6 Å². The van der Waals surface area contributed by atoms with Gasteiger partial charge in [0.15, 0.2) is 0 Å². The van der Waals surface area contributed by atoms with Gasteiger partial charge in [-0.1, -0.05) is 74.0 Å². The molecule has 0 radical (unpaired) electrons. The number of ether oxygens (including phenoxy) is 1. The molecule has 1 aliphatic rings. The number of nitrogens with zero attached hydrogens (tertiary/aromatic N) is 3. The van der Waals surface area contributed by atoms with E-state index in [-0.39, 0.29) is 31.9 Å². The van der Waals surface area contributed by atoms with E-state index < -0.39 is 37.7 Å². The monoisotopic (exact) mass is 600 g/mol. The molecule has 1 saturated heterocycles. The number of rotatable bonds is 10. The van der Waals surface area contributed by atoms with E-state index in [0.717, 1.165) is 24.0 Å². The predicted octanol–water partition coefficient (Wildman–Crippen LogP) is 3.83. The summed E-state index contributed by atoms with van der Waals surface area (Å²) in [5, 5.41) is 3.14. The number of thiazole rings is 1. The Morgan fingerprint density at radius 1 is 0.976 bits per heavy atom. The Balaban J connectivity index is 1.53. The zero-order valence-electron chi connectivity index (χ0n) is 22.6. The number of nitrogens with one attached hydrogen (secondary N) is 1. The minimum absolute atomic E-state index is 0.0585. The van der Waals surface area contributed by atoms with Crippen LogP contribution >= 0.6 is 18.9 Å². The summed E-state index contributed by atoms with van der Waals surface area (Å²) in [5.74, 6) is -1.35. The topological polar surface area (TPSA) is 149 Å². The van der Waals surface area contributed by atoms with Crippen LogP contribution in [0.5, 0.6) is 0 Å². The third kappa shape index (κ3) is 8.23. The molecule has 1 atom stereocenters. The molecule has 0 saturated carbocycles. The fourth-order valence-electron chi connectivity index (χ4n) is 4.34. The first-order valence-electron chi connectivity index (χ1n) is 13.3. The second-order valence-electron chi connectivity index (χ2n) is 9.58. The van der Waals surface area contributed by atoms with Crippen molar-refractivity contribution in [3.63, 3.8) is 0 Å². The lowest BCUT2D eigenvalue weighted by molar-refractivity contribution is -0.134. The van der Waals surface area contributed by atoms with Crippen LogP contribution in [0.2, 0.25) is 0 Å². The van der Waals surface area contributed by atoms with Crippen LogP contribution in [-0.4, -0.2) is 87.5 Å². The highest BCUT2D eigenvalue weighted by Gasteiger charge is 2.35. The summed E-state index contributed by atoms with van der Waals surface area (Å²) >= 11 is 1.31. The average Bonchev–Trinajstić information content (AvgIpc) is 3.43. The molecule has 3 aromatic rings. The lowest BCUT2D eigenvalue weighted by atomic mass is 10.1. The van der Waals surface area contributed by atoms with E-state index in [1.165, 1.54) is 21.1 Å². The Morgan fingerprint density at radius 3 is 2.15 bits per heavy atom. The minimum Gasteiger partial charge on any atom is -0.449 e. The van der Waals surface area contributed by atoms with Crippen molar-refractivity contribution < 1.29 is 33.5 Å². The molecule has 41 heavy (non-hydrogen) atoms. The van der Waals surface area contributed by atoms with E-state index in [1.807, 2.05) is 67.6 Å². The molecule has 1 unspecified atom stereocenters. The maximum Gasteiger partial charge on any atom is 0.409 e. The van der Waals surface area contributed by atoms with Gasteiger partial charge in [-0.2, -0.15) is 0 Å². The number of piperazine rings is 1. The van der Waals surface area contributed by atoms with E-state index in [9.17, 15) is 28.7 Å². The molecule has 2 aromatic carbocycles. The molecule has 0 spiro atoms. The van der Waals surface area contributed by atoms with Crippen molar-refractivity contribution in [3.8, 4) is 21.0 Å². The lowest BCUT2D eigenvalue weighted by Crippen LogP contribution is -2.56. The molecule has 1 aliphatic heterocycles. The Kier molecular flexibility index (Phi) is 10.3. The summed E-state index contributed by atoms with van der Waals surface area (Å²) in [6.45, 7) is 3.00. The molecule has 11 nitrogen and oxygen atoms in total. The van der Waals surface area contributed by atoms with Gasteiger partial charge in [-0.25, -0.2) is 9.78 Å². The molecule has 2 heterocycles. The summed E-state index contributed by atoms with van der Waals surface area (Å²) in [6.07, 6.45) is 0.319. The first kappa shape index (κ1) is 30.4. The molecule has 218 valence electrons. The zero-order chi connectivity index (χ0) is 29.4. The molecule has 3 amide bonds. The highest BCUT2D eigenvalue weighted by Crippen LogP contribution is 2.37. The predicted molar refractivity (Wildman–Crippen MR) is 156 cm³/mol. The molecular formula is C28H33N4O7PS. The highest BCUT2D eigenvalue weighted by atomic mass is 32.1. The number of unbranched alkanes of at least 4 members (excludes halogenated alkanes) is 1. The number of hydrogen-bond donors (Lipinski definition) is 3. The van der Waals surface area contributed by atoms with Crippen LogP contribution in [0, 0.1) is 0 Å². The van der Waals surface area contributed by atoms with Crippen LogP contribution in [-0.2, 0) is 14.1 Å². The second kappa shape index (κ2) is 13.9. The zero-order valence-corrected chi connectivity index (χ0v) is 24.4. The van der Waals surface area contributed by atoms with Gasteiger partial charge in [0.2, 0.25) is 5.91 Å². The van der Waals surface area contributed by atoms with Gasteiger partial charge in [-0.05, 0) is 12.0 Å². The van der Waals surface area contributed by atoms with Crippen molar-refractivity contribution in [1.82, 2.24) is 20.1 Å². The van der Waals surface area contributed by atoms with Crippen LogP contribution in [0.4, 0.5) is 4.79 Å². The van der Waals surface area contributed by atoms with E-state index >= 15 is 0 Å². The van der Waals surface area contributed by atoms with Gasteiger partial charge in [-0.15, -0.1) is 11.3 Å². The van der Waals surface area contributed by atoms with Crippen LogP contribution < -0.4 is 5.32 Å². The summed E-state index contributed by atoms with van der Waals surface area (Å²) in [5.41, 5.74) is 1.61. The fourth-order valence-corrected chi connectivity index (χ4v) is 6.13. The summed E-state index contributed by atoms with van der Waals surface area (Å²) in [7, 11) is -4.70. The largest absolute Gasteiger partial charge is 0.449 e. The molecule has 13 heteroatoms. The van der Waals surface area contributed by atoms with Crippen LogP contribution in [0.1, 0.15) is 30.3 Å². The van der Waals surface area contributed by atoms with Gasteiger partial charge in [0.1, 0.15) is 16.7 Å². The van der Waals surface area contributed by atoms with E-state index in [0.29, 0.717) is 16.5 Å². The molecule has 0 aliphatic carbocycles. The summed E-state index contributed by atoms with van der Waals surface area (Å²) < 4.78 is 17.2. The third-order valence-electron chi connectivity index (χ3n) is 6.50. The van der Waals surface area contributed by atoms with Gasteiger partial charge in [0.05, 0.1) is 17.6 Å². The number of hydrogen-bond acceptors (Lipinski definition) is 7. The molecule has 3 N–H and O–H groups in total.